The molecule has 0 fully saturated rings. The first-order valence-corrected chi connectivity index (χ1v) is 6.77. The maximum atomic E-state index is 12.9. The van der Waals surface area contributed by atoms with E-state index in [0.29, 0.717) is 12.0 Å². The number of aromatic nitrogens is 2. The van der Waals surface area contributed by atoms with Crippen LogP contribution in [-0.2, 0) is 19.1 Å². The van der Waals surface area contributed by atoms with Crippen LogP contribution < -0.4 is 0 Å². The van der Waals surface area contributed by atoms with E-state index in [-0.39, 0.29) is 5.82 Å². The molecule has 0 radical (unpaired) electrons. The summed E-state index contributed by atoms with van der Waals surface area (Å²) in [6.07, 6.45) is 0.399. The Morgan fingerprint density at radius 1 is 1.37 bits per heavy atom. The van der Waals surface area contributed by atoms with Gasteiger partial charge in [0, 0.05) is 13.5 Å². The van der Waals surface area contributed by atoms with Gasteiger partial charge in [-0.25, -0.2) is 4.39 Å². The standard InChI is InChI=1S/C14H16BrFN2O/c1-9-13(15)12(18(3)17-9)8-14(2,19)10-4-6-11(16)7-5-10/h4-7,19H,8H2,1-3H3. The average Bonchev–Trinajstić information content (AvgIpc) is 2.56. The summed E-state index contributed by atoms with van der Waals surface area (Å²) in [5.41, 5.74) is 1.40. The Balaban J connectivity index is 2.33. The number of hydrogen-bond acceptors (Lipinski definition) is 2. The van der Waals surface area contributed by atoms with Gasteiger partial charge in [0.25, 0.3) is 0 Å². The number of nitrogens with zero attached hydrogens (tertiary/aromatic N) is 2. The van der Waals surface area contributed by atoms with Crippen molar-refractivity contribution in [2.45, 2.75) is 25.9 Å². The topological polar surface area (TPSA) is 38.0 Å². The van der Waals surface area contributed by atoms with E-state index < -0.39 is 5.60 Å². The molecule has 0 bridgehead atoms. The predicted octanol–water partition coefficient (Wildman–Crippen LogP) is 3.08. The second-order valence-electron chi connectivity index (χ2n) is 4.93. The molecule has 3 nitrogen and oxygen atoms in total. The van der Waals surface area contributed by atoms with E-state index in [1.165, 1.54) is 12.1 Å². The van der Waals surface area contributed by atoms with Crippen LogP contribution in [0.5, 0.6) is 0 Å². The van der Waals surface area contributed by atoms with Crippen LogP contribution in [0, 0.1) is 12.7 Å². The van der Waals surface area contributed by atoms with Crippen LogP contribution in [0.1, 0.15) is 23.9 Å². The minimum Gasteiger partial charge on any atom is -0.385 e. The molecule has 1 N–H and O–H groups in total. The smallest absolute Gasteiger partial charge is 0.123 e. The fourth-order valence-corrected chi connectivity index (χ4v) is 2.59. The molecule has 0 aliphatic heterocycles. The Hall–Kier alpha value is -1.20. The van der Waals surface area contributed by atoms with Gasteiger partial charge in [0.1, 0.15) is 5.82 Å². The lowest BCUT2D eigenvalue weighted by Crippen LogP contribution is -2.25. The van der Waals surface area contributed by atoms with Crippen LogP contribution in [0.15, 0.2) is 28.7 Å². The molecule has 1 heterocycles. The van der Waals surface area contributed by atoms with Crippen LogP contribution in [-0.4, -0.2) is 14.9 Å². The van der Waals surface area contributed by atoms with Crippen LogP contribution in [0.4, 0.5) is 4.39 Å². The van der Waals surface area contributed by atoms with Crippen LogP contribution >= 0.6 is 15.9 Å². The summed E-state index contributed by atoms with van der Waals surface area (Å²) in [4.78, 5) is 0. The zero-order valence-corrected chi connectivity index (χ0v) is 12.7. The van der Waals surface area contributed by atoms with Crippen LogP contribution in [0.2, 0.25) is 0 Å². The van der Waals surface area contributed by atoms with E-state index in [1.54, 1.807) is 23.7 Å². The Morgan fingerprint density at radius 3 is 2.42 bits per heavy atom. The van der Waals surface area contributed by atoms with Crippen molar-refractivity contribution < 1.29 is 9.50 Å². The van der Waals surface area contributed by atoms with Gasteiger partial charge < -0.3 is 5.11 Å². The van der Waals surface area contributed by atoms with Gasteiger partial charge in [-0.15, -0.1) is 0 Å². The van der Waals surface area contributed by atoms with Gasteiger partial charge in [0.2, 0.25) is 0 Å². The molecule has 102 valence electrons. The van der Waals surface area contributed by atoms with E-state index >= 15 is 0 Å². The second-order valence-corrected chi connectivity index (χ2v) is 5.72. The molecule has 2 aromatic rings. The molecular weight excluding hydrogens is 311 g/mol. The zero-order chi connectivity index (χ0) is 14.2. The van der Waals surface area contributed by atoms with E-state index in [9.17, 15) is 9.50 Å². The number of hydrogen-bond donors (Lipinski definition) is 1. The molecule has 1 unspecified atom stereocenters. The summed E-state index contributed by atoms with van der Waals surface area (Å²) < 4.78 is 15.6. The normalized spacial score (nSPS) is 14.4. The van der Waals surface area contributed by atoms with Gasteiger partial charge in [-0.3, -0.25) is 4.68 Å². The van der Waals surface area contributed by atoms with Crippen molar-refractivity contribution in [3.8, 4) is 0 Å². The molecule has 0 saturated heterocycles. The van der Waals surface area contributed by atoms with Crippen molar-refractivity contribution in [3.05, 3.63) is 51.5 Å². The highest BCUT2D eigenvalue weighted by Gasteiger charge is 2.27. The minimum atomic E-state index is -1.07. The summed E-state index contributed by atoms with van der Waals surface area (Å²) in [5.74, 6) is -0.308. The lowest BCUT2D eigenvalue weighted by molar-refractivity contribution is 0.0553. The molecule has 5 heteroatoms. The maximum Gasteiger partial charge on any atom is 0.123 e. The summed E-state index contributed by atoms with van der Waals surface area (Å²) in [7, 11) is 1.84. The van der Waals surface area contributed by atoms with Crippen molar-refractivity contribution in [1.29, 1.82) is 0 Å². The predicted molar refractivity (Wildman–Crippen MR) is 75.3 cm³/mol. The third-order valence-electron chi connectivity index (χ3n) is 3.24. The lowest BCUT2D eigenvalue weighted by Gasteiger charge is -2.24. The van der Waals surface area contributed by atoms with E-state index in [2.05, 4.69) is 21.0 Å². The van der Waals surface area contributed by atoms with E-state index in [0.717, 1.165) is 15.9 Å². The maximum absolute atomic E-state index is 12.9. The Labute approximate surface area is 120 Å². The molecule has 0 amide bonds. The largest absolute Gasteiger partial charge is 0.385 e. The zero-order valence-electron chi connectivity index (χ0n) is 11.1. The first kappa shape index (κ1) is 14.2. The van der Waals surface area contributed by atoms with Crippen molar-refractivity contribution in [2.24, 2.45) is 7.05 Å². The van der Waals surface area contributed by atoms with Gasteiger partial charge in [-0.1, -0.05) is 12.1 Å². The first-order valence-electron chi connectivity index (χ1n) is 5.97. The molecule has 0 saturated carbocycles. The number of aliphatic hydroxyl groups is 1. The molecule has 1 aromatic heterocycles. The van der Waals surface area contributed by atoms with Crippen LogP contribution in [0.3, 0.4) is 0 Å². The van der Waals surface area contributed by atoms with Gasteiger partial charge in [0.05, 0.1) is 21.5 Å². The van der Waals surface area contributed by atoms with Crippen molar-refractivity contribution in [3.63, 3.8) is 0 Å². The van der Waals surface area contributed by atoms with Crippen LogP contribution in [0.25, 0.3) is 0 Å². The van der Waals surface area contributed by atoms with Crippen molar-refractivity contribution in [1.82, 2.24) is 9.78 Å². The fourth-order valence-electron chi connectivity index (χ4n) is 2.11. The molecule has 0 aliphatic rings. The fraction of sp³-hybridized carbons (Fsp3) is 0.357. The van der Waals surface area contributed by atoms with E-state index in [4.69, 9.17) is 0 Å². The highest BCUT2D eigenvalue weighted by atomic mass is 79.9. The summed E-state index contributed by atoms with van der Waals surface area (Å²) in [6, 6.07) is 5.92. The summed E-state index contributed by atoms with van der Waals surface area (Å²) in [5, 5.41) is 14.9. The molecule has 2 rings (SSSR count). The molecule has 1 aromatic carbocycles. The number of halogens is 2. The molecule has 0 spiro atoms. The third-order valence-corrected chi connectivity index (χ3v) is 4.27. The lowest BCUT2D eigenvalue weighted by atomic mass is 9.91. The van der Waals surface area contributed by atoms with Crippen molar-refractivity contribution >= 4 is 15.9 Å². The number of aryl methyl sites for hydroxylation is 2. The average molecular weight is 327 g/mol. The minimum absolute atomic E-state index is 0.308. The monoisotopic (exact) mass is 326 g/mol. The van der Waals surface area contributed by atoms with Gasteiger partial charge in [-0.05, 0) is 47.5 Å². The van der Waals surface area contributed by atoms with Gasteiger partial charge in [-0.2, -0.15) is 5.10 Å². The van der Waals surface area contributed by atoms with Crippen molar-refractivity contribution in [2.75, 3.05) is 0 Å². The first-order chi connectivity index (χ1) is 8.81. The SMILES string of the molecule is Cc1nn(C)c(CC(C)(O)c2ccc(F)cc2)c1Br. The third kappa shape index (κ3) is 2.87. The van der Waals surface area contributed by atoms with Gasteiger partial charge in [0.15, 0.2) is 0 Å². The summed E-state index contributed by atoms with van der Waals surface area (Å²) >= 11 is 3.48. The molecule has 19 heavy (non-hydrogen) atoms. The van der Waals surface area contributed by atoms with E-state index in [1.807, 2.05) is 14.0 Å². The quantitative estimate of drug-likeness (QED) is 0.941. The second kappa shape index (κ2) is 5.06. The Morgan fingerprint density at radius 2 is 1.95 bits per heavy atom. The summed E-state index contributed by atoms with van der Waals surface area (Å²) in [6.45, 7) is 3.62. The highest BCUT2D eigenvalue weighted by molar-refractivity contribution is 9.10. The molecular formula is C14H16BrFN2O. The number of benzene rings is 1. The van der Waals surface area contributed by atoms with Gasteiger partial charge >= 0.3 is 0 Å². The Kier molecular flexibility index (Phi) is 3.78. The molecule has 1 atom stereocenters. The highest BCUT2D eigenvalue weighted by Crippen LogP contribution is 2.30. The number of rotatable bonds is 3. The Bertz CT molecular complexity index is 590. The molecule has 0 aliphatic carbocycles.